The summed E-state index contributed by atoms with van der Waals surface area (Å²) in [4.78, 5) is 7.21. The number of nitrogens with zero attached hydrogens (tertiary/aromatic N) is 2. The molecule has 5 nitrogen and oxygen atoms in total. The van der Waals surface area contributed by atoms with E-state index in [-0.39, 0.29) is 35.5 Å². The van der Waals surface area contributed by atoms with E-state index in [2.05, 4.69) is 73.6 Å². The Kier molecular flexibility index (Phi) is 10.4. The molecule has 2 rings (SSSR count). The lowest BCUT2D eigenvalue weighted by Gasteiger charge is -2.28. The fraction of sp³-hybridized carbons (Fsp3) is 0.667. The molecule has 0 aromatic heterocycles. The number of methoxy groups -OCH3 is 1. The van der Waals surface area contributed by atoms with Gasteiger partial charge in [0, 0.05) is 39.0 Å². The number of halogens is 1. The van der Waals surface area contributed by atoms with Gasteiger partial charge in [-0.15, -0.1) is 24.0 Å². The molecule has 0 amide bonds. The van der Waals surface area contributed by atoms with Gasteiger partial charge >= 0.3 is 0 Å². The summed E-state index contributed by atoms with van der Waals surface area (Å²) in [5.74, 6) is 1.52. The van der Waals surface area contributed by atoms with Crippen molar-refractivity contribution in [3.63, 3.8) is 0 Å². The Morgan fingerprint density at radius 2 is 1.96 bits per heavy atom. The van der Waals surface area contributed by atoms with Gasteiger partial charge in [0.2, 0.25) is 0 Å². The summed E-state index contributed by atoms with van der Waals surface area (Å²) in [5.41, 5.74) is 1.40. The first-order valence-electron chi connectivity index (χ1n) is 9.79. The molecule has 0 aliphatic carbocycles. The molecule has 1 aromatic rings. The minimum Gasteiger partial charge on any atom is -0.379 e. The van der Waals surface area contributed by atoms with E-state index in [4.69, 9.17) is 9.73 Å². The normalized spacial score (nSPS) is 18.8. The maximum absolute atomic E-state index is 5.61. The second kappa shape index (κ2) is 11.7. The maximum atomic E-state index is 5.61. The highest BCUT2D eigenvalue weighted by atomic mass is 127. The fourth-order valence-corrected chi connectivity index (χ4v) is 3.33. The van der Waals surface area contributed by atoms with Gasteiger partial charge in [-0.2, -0.15) is 0 Å². The fourth-order valence-electron chi connectivity index (χ4n) is 3.33. The van der Waals surface area contributed by atoms with Crippen LogP contribution in [-0.2, 0) is 4.74 Å². The second-order valence-electron chi connectivity index (χ2n) is 8.13. The molecule has 1 fully saturated rings. The van der Waals surface area contributed by atoms with E-state index in [1.165, 1.54) is 12.1 Å². The molecular formula is C21H37IN4O. The molecule has 1 aliphatic rings. The summed E-state index contributed by atoms with van der Waals surface area (Å²) < 4.78 is 5.61. The lowest BCUT2D eigenvalue weighted by atomic mass is 9.89. The molecule has 1 heterocycles. The van der Waals surface area contributed by atoms with Gasteiger partial charge in [-0.3, -0.25) is 4.99 Å². The molecule has 154 valence electrons. The monoisotopic (exact) mass is 488 g/mol. The van der Waals surface area contributed by atoms with Gasteiger partial charge in [0.15, 0.2) is 5.96 Å². The third kappa shape index (κ3) is 7.86. The van der Waals surface area contributed by atoms with E-state index in [9.17, 15) is 0 Å². The first kappa shape index (κ1) is 24.0. The van der Waals surface area contributed by atoms with Crippen LogP contribution in [0.15, 0.2) is 35.3 Å². The quantitative estimate of drug-likeness (QED) is 0.349. The number of anilines is 1. The zero-order chi connectivity index (χ0) is 19.0. The van der Waals surface area contributed by atoms with Crippen molar-refractivity contribution < 1.29 is 4.74 Å². The predicted octanol–water partition coefficient (Wildman–Crippen LogP) is 3.75. The zero-order valence-corrected chi connectivity index (χ0v) is 19.8. The van der Waals surface area contributed by atoms with E-state index in [1.807, 2.05) is 0 Å². The highest BCUT2D eigenvalue weighted by Gasteiger charge is 2.25. The Labute approximate surface area is 182 Å². The topological polar surface area (TPSA) is 48.9 Å². The van der Waals surface area contributed by atoms with Crippen molar-refractivity contribution in [1.82, 2.24) is 10.6 Å². The van der Waals surface area contributed by atoms with Crippen LogP contribution in [0.4, 0.5) is 5.69 Å². The molecule has 0 saturated carbocycles. The summed E-state index contributed by atoms with van der Waals surface area (Å²) in [6.07, 6.45) is 1.32. The molecule has 2 atom stereocenters. The lowest BCUT2D eigenvalue weighted by molar-refractivity contribution is 0.0241. The van der Waals surface area contributed by atoms with Crippen molar-refractivity contribution in [3.8, 4) is 0 Å². The number of para-hydroxylation sites is 1. The molecule has 27 heavy (non-hydrogen) atoms. The second-order valence-corrected chi connectivity index (χ2v) is 8.13. The standard InChI is InChI=1S/C21H36N4O.HI/c1-6-22-20(24-15-19(26-5)21(2,3)4)23-14-17-12-13-25(16-17)18-10-8-7-9-11-18;/h7-11,17,19H,6,12-16H2,1-5H3,(H2,22,23,24);1H. The molecule has 2 N–H and O–H groups in total. The van der Waals surface area contributed by atoms with Crippen LogP contribution < -0.4 is 15.5 Å². The minimum atomic E-state index is 0. The number of aliphatic imine (C=N–C) groups is 1. The van der Waals surface area contributed by atoms with E-state index in [1.54, 1.807) is 7.11 Å². The van der Waals surface area contributed by atoms with Crippen molar-refractivity contribution in [2.75, 3.05) is 44.7 Å². The Bertz CT molecular complexity index is 559. The first-order valence-corrected chi connectivity index (χ1v) is 9.79. The molecule has 2 unspecified atom stereocenters. The van der Waals surface area contributed by atoms with Crippen LogP contribution in [0.3, 0.4) is 0 Å². The van der Waals surface area contributed by atoms with Crippen LogP contribution in [0.2, 0.25) is 0 Å². The van der Waals surface area contributed by atoms with Crippen molar-refractivity contribution >= 4 is 35.6 Å². The summed E-state index contributed by atoms with van der Waals surface area (Å²) in [6.45, 7) is 13.4. The third-order valence-electron chi connectivity index (χ3n) is 4.98. The number of nitrogens with one attached hydrogen (secondary N) is 2. The Hall–Kier alpha value is -1.02. The van der Waals surface area contributed by atoms with Gasteiger partial charge in [0.1, 0.15) is 0 Å². The largest absolute Gasteiger partial charge is 0.379 e. The van der Waals surface area contributed by atoms with Crippen molar-refractivity contribution in [1.29, 1.82) is 0 Å². The van der Waals surface area contributed by atoms with Crippen molar-refractivity contribution in [3.05, 3.63) is 30.3 Å². The van der Waals surface area contributed by atoms with E-state index in [0.717, 1.165) is 32.1 Å². The van der Waals surface area contributed by atoms with Crippen molar-refractivity contribution in [2.45, 2.75) is 40.2 Å². The van der Waals surface area contributed by atoms with E-state index >= 15 is 0 Å². The van der Waals surface area contributed by atoms with Crippen LogP contribution in [0.1, 0.15) is 34.1 Å². The van der Waals surface area contributed by atoms with E-state index in [0.29, 0.717) is 12.5 Å². The van der Waals surface area contributed by atoms with Gasteiger partial charge in [0.25, 0.3) is 0 Å². The van der Waals surface area contributed by atoms with Crippen LogP contribution in [0.25, 0.3) is 0 Å². The van der Waals surface area contributed by atoms with Crippen LogP contribution in [0.5, 0.6) is 0 Å². The molecule has 1 aromatic carbocycles. The zero-order valence-electron chi connectivity index (χ0n) is 17.5. The SMILES string of the molecule is CCNC(=NCC(OC)C(C)(C)C)NCC1CCN(c2ccccc2)C1.I. The Balaban J connectivity index is 0.00000364. The summed E-state index contributed by atoms with van der Waals surface area (Å²) in [6, 6.07) is 10.7. The molecule has 0 spiro atoms. The summed E-state index contributed by atoms with van der Waals surface area (Å²) >= 11 is 0. The highest BCUT2D eigenvalue weighted by molar-refractivity contribution is 14.0. The van der Waals surface area contributed by atoms with Gasteiger partial charge in [-0.1, -0.05) is 39.0 Å². The summed E-state index contributed by atoms with van der Waals surface area (Å²) in [7, 11) is 1.77. The number of benzene rings is 1. The number of ether oxygens (including phenoxy) is 1. The predicted molar refractivity (Wildman–Crippen MR) is 126 cm³/mol. The highest BCUT2D eigenvalue weighted by Crippen LogP contribution is 2.23. The van der Waals surface area contributed by atoms with Crippen LogP contribution in [-0.4, -0.2) is 51.9 Å². The molecule has 1 saturated heterocycles. The molecular weight excluding hydrogens is 451 g/mol. The van der Waals surface area contributed by atoms with Crippen LogP contribution >= 0.6 is 24.0 Å². The van der Waals surface area contributed by atoms with Gasteiger partial charge < -0.3 is 20.3 Å². The van der Waals surface area contributed by atoms with E-state index < -0.39 is 0 Å². The van der Waals surface area contributed by atoms with Gasteiger partial charge in [0.05, 0.1) is 12.6 Å². The Morgan fingerprint density at radius 1 is 1.26 bits per heavy atom. The maximum Gasteiger partial charge on any atom is 0.191 e. The smallest absolute Gasteiger partial charge is 0.191 e. The van der Waals surface area contributed by atoms with Gasteiger partial charge in [-0.05, 0) is 36.8 Å². The average Bonchev–Trinajstić information content (AvgIpc) is 3.08. The Morgan fingerprint density at radius 3 is 2.56 bits per heavy atom. The average molecular weight is 488 g/mol. The van der Waals surface area contributed by atoms with Crippen molar-refractivity contribution in [2.24, 2.45) is 16.3 Å². The molecule has 0 radical (unpaired) electrons. The van der Waals surface area contributed by atoms with Gasteiger partial charge in [-0.25, -0.2) is 0 Å². The number of rotatable bonds is 7. The minimum absolute atomic E-state index is 0. The first-order chi connectivity index (χ1) is 12.4. The number of hydrogen-bond donors (Lipinski definition) is 2. The number of guanidine groups is 1. The summed E-state index contributed by atoms with van der Waals surface area (Å²) in [5, 5.41) is 6.87. The third-order valence-corrected chi connectivity index (χ3v) is 4.98. The number of hydrogen-bond acceptors (Lipinski definition) is 3. The molecule has 0 bridgehead atoms. The molecule has 6 heteroatoms. The van der Waals surface area contributed by atoms with Crippen LogP contribution in [0, 0.1) is 11.3 Å². The molecule has 1 aliphatic heterocycles. The lowest BCUT2D eigenvalue weighted by Crippen LogP contribution is -2.41.